The summed E-state index contributed by atoms with van der Waals surface area (Å²) in [7, 11) is 0. The number of nitrogen functional groups attached to an aromatic ring is 1. The van der Waals surface area contributed by atoms with Crippen molar-refractivity contribution in [1.82, 2.24) is 4.90 Å². The van der Waals surface area contributed by atoms with Gasteiger partial charge in [-0.1, -0.05) is 12.1 Å². The molecule has 3 N–H and O–H groups in total. The molecule has 1 aliphatic rings. The fourth-order valence-electron chi connectivity index (χ4n) is 2.50. The first-order valence-electron chi connectivity index (χ1n) is 7.02. The van der Waals surface area contributed by atoms with Crippen LogP contribution < -0.4 is 5.73 Å². The van der Waals surface area contributed by atoms with Crippen molar-refractivity contribution in [2.24, 2.45) is 5.73 Å². The number of halogens is 1. The number of benzene rings is 1. The van der Waals surface area contributed by atoms with Gasteiger partial charge in [0.15, 0.2) is 0 Å². The number of thiophene rings is 1. The minimum absolute atomic E-state index is 0.193. The average Bonchev–Trinajstić information content (AvgIpc) is 3.18. The maximum atomic E-state index is 14.4. The van der Waals surface area contributed by atoms with Crippen molar-refractivity contribution in [2.45, 2.75) is 32.0 Å². The van der Waals surface area contributed by atoms with Crippen molar-refractivity contribution in [3.05, 3.63) is 57.5 Å². The van der Waals surface area contributed by atoms with Crippen LogP contribution in [0.5, 0.6) is 0 Å². The van der Waals surface area contributed by atoms with Gasteiger partial charge in [0.1, 0.15) is 11.7 Å². The lowest BCUT2D eigenvalue weighted by molar-refractivity contribution is 0.242. The largest absolute Gasteiger partial charge is 0.384 e. The molecule has 0 atom stereocenters. The minimum Gasteiger partial charge on any atom is -0.384 e. The van der Waals surface area contributed by atoms with E-state index in [1.165, 1.54) is 18.4 Å². The maximum Gasteiger partial charge on any atom is 0.138 e. The predicted molar refractivity (Wildman–Crippen MR) is 84.0 cm³/mol. The molecule has 0 unspecified atom stereocenters. The molecule has 1 aromatic carbocycles. The predicted octanol–water partition coefficient (Wildman–Crippen LogP) is 3.34. The molecule has 21 heavy (non-hydrogen) atoms. The molecule has 2 aromatic rings. The summed E-state index contributed by atoms with van der Waals surface area (Å²) in [6, 6.07) is 7.77. The number of rotatable bonds is 6. The Kier molecular flexibility index (Phi) is 4.03. The topological polar surface area (TPSA) is 53.1 Å². The van der Waals surface area contributed by atoms with Gasteiger partial charge in [0.2, 0.25) is 0 Å². The molecule has 1 aromatic heterocycles. The zero-order chi connectivity index (χ0) is 14.8. The van der Waals surface area contributed by atoms with Crippen LogP contribution in [-0.2, 0) is 13.1 Å². The smallest absolute Gasteiger partial charge is 0.138 e. The highest BCUT2D eigenvalue weighted by atomic mass is 32.1. The van der Waals surface area contributed by atoms with Crippen LogP contribution in [0.2, 0.25) is 0 Å². The van der Waals surface area contributed by atoms with E-state index in [4.69, 9.17) is 11.1 Å². The van der Waals surface area contributed by atoms with Gasteiger partial charge in [0.05, 0.1) is 5.56 Å². The quantitative estimate of drug-likeness (QED) is 0.635. The Morgan fingerprint density at radius 1 is 1.33 bits per heavy atom. The summed E-state index contributed by atoms with van der Waals surface area (Å²) in [5, 5.41) is 11.6. The number of nitrogens with zero attached hydrogens (tertiary/aromatic N) is 1. The van der Waals surface area contributed by atoms with E-state index >= 15 is 0 Å². The normalized spacial score (nSPS) is 14.6. The van der Waals surface area contributed by atoms with Crippen LogP contribution in [0.15, 0.2) is 35.0 Å². The lowest BCUT2D eigenvalue weighted by atomic mass is 10.1. The van der Waals surface area contributed by atoms with Gasteiger partial charge < -0.3 is 5.73 Å². The molecule has 3 rings (SSSR count). The molecular formula is C16H18FN3S. The number of nitrogens with one attached hydrogen (secondary N) is 1. The van der Waals surface area contributed by atoms with Crippen molar-refractivity contribution in [3.63, 3.8) is 0 Å². The van der Waals surface area contributed by atoms with Crippen LogP contribution in [0.4, 0.5) is 4.39 Å². The van der Waals surface area contributed by atoms with Crippen LogP contribution in [0, 0.1) is 11.2 Å². The van der Waals surface area contributed by atoms with E-state index in [1.807, 2.05) is 0 Å². The first-order chi connectivity index (χ1) is 10.1. The summed E-state index contributed by atoms with van der Waals surface area (Å²) in [6.07, 6.45) is 2.36. The summed E-state index contributed by atoms with van der Waals surface area (Å²) in [5.74, 6) is -0.578. The van der Waals surface area contributed by atoms with E-state index < -0.39 is 0 Å². The maximum absolute atomic E-state index is 14.4. The zero-order valence-electron chi connectivity index (χ0n) is 11.7. The average molecular weight is 303 g/mol. The highest BCUT2D eigenvalue weighted by molar-refractivity contribution is 7.07. The molecular weight excluding hydrogens is 285 g/mol. The van der Waals surface area contributed by atoms with Crippen molar-refractivity contribution < 1.29 is 4.39 Å². The lowest BCUT2D eigenvalue weighted by Crippen LogP contribution is -2.26. The third-order valence-electron chi connectivity index (χ3n) is 3.77. The first-order valence-corrected chi connectivity index (χ1v) is 7.96. The SMILES string of the molecule is N=C(N)c1cccc(CN(Cc2ccsc2)C2CC2)c1F. The molecule has 0 radical (unpaired) electrons. The molecule has 5 heteroatoms. The Balaban J connectivity index is 1.80. The van der Waals surface area contributed by atoms with Crippen LogP contribution in [0.3, 0.4) is 0 Å². The van der Waals surface area contributed by atoms with Gasteiger partial charge in [0.25, 0.3) is 0 Å². The van der Waals surface area contributed by atoms with E-state index in [2.05, 4.69) is 21.7 Å². The molecule has 3 nitrogen and oxygen atoms in total. The number of nitrogens with two attached hydrogens (primary N) is 1. The zero-order valence-corrected chi connectivity index (χ0v) is 12.5. The highest BCUT2D eigenvalue weighted by Crippen LogP contribution is 2.30. The van der Waals surface area contributed by atoms with Gasteiger partial charge in [-0.3, -0.25) is 10.3 Å². The molecule has 110 valence electrons. The Morgan fingerprint density at radius 3 is 2.76 bits per heavy atom. The van der Waals surface area contributed by atoms with E-state index in [0.29, 0.717) is 18.2 Å². The van der Waals surface area contributed by atoms with Gasteiger partial charge in [-0.2, -0.15) is 11.3 Å². The Bertz CT molecular complexity index is 635. The first kappa shape index (κ1) is 14.2. The monoisotopic (exact) mass is 303 g/mol. The van der Waals surface area contributed by atoms with E-state index in [9.17, 15) is 4.39 Å². The second-order valence-electron chi connectivity index (χ2n) is 5.46. The van der Waals surface area contributed by atoms with E-state index in [0.717, 1.165) is 6.54 Å². The second-order valence-corrected chi connectivity index (χ2v) is 6.24. The lowest BCUT2D eigenvalue weighted by Gasteiger charge is -2.22. The summed E-state index contributed by atoms with van der Waals surface area (Å²) in [4.78, 5) is 2.31. The van der Waals surface area contributed by atoms with Crippen molar-refractivity contribution >= 4 is 17.2 Å². The van der Waals surface area contributed by atoms with Crippen LogP contribution in [0.25, 0.3) is 0 Å². The summed E-state index contributed by atoms with van der Waals surface area (Å²) in [5.41, 5.74) is 7.51. The van der Waals surface area contributed by atoms with Gasteiger partial charge in [-0.15, -0.1) is 0 Å². The van der Waals surface area contributed by atoms with Crippen molar-refractivity contribution in [1.29, 1.82) is 5.41 Å². The van der Waals surface area contributed by atoms with Crippen molar-refractivity contribution in [3.8, 4) is 0 Å². The third-order valence-corrected chi connectivity index (χ3v) is 4.50. The second kappa shape index (κ2) is 5.95. The van der Waals surface area contributed by atoms with Crippen LogP contribution in [-0.4, -0.2) is 16.8 Å². The molecule has 0 bridgehead atoms. The molecule has 0 saturated heterocycles. The molecule has 1 fully saturated rings. The van der Waals surface area contributed by atoms with Gasteiger partial charge in [-0.05, 0) is 41.3 Å². The Morgan fingerprint density at radius 2 is 2.14 bits per heavy atom. The Hall–Kier alpha value is -1.72. The van der Waals surface area contributed by atoms with Gasteiger partial charge in [-0.25, -0.2) is 4.39 Å². The van der Waals surface area contributed by atoms with Crippen LogP contribution in [0.1, 0.15) is 29.5 Å². The highest BCUT2D eigenvalue weighted by Gasteiger charge is 2.29. The van der Waals surface area contributed by atoms with Crippen molar-refractivity contribution in [2.75, 3.05) is 0 Å². The molecule has 0 aliphatic heterocycles. The van der Waals surface area contributed by atoms with Crippen LogP contribution >= 0.6 is 11.3 Å². The van der Waals surface area contributed by atoms with Gasteiger partial charge >= 0.3 is 0 Å². The molecule has 1 saturated carbocycles. The molecule has 1 aliphatic carbocycles. The van der Waals surface area contributed by atoms with Gasteiger partial charge in [0, 0.05) is 24.7 Å². The molecule has 0 amide bonds. The fraction of sp³-hybridized carbons (Fsp3) is 0.312. The third kappa shape index (κ3) is 3.31. The van der Waals surface area contributed by atoms with E-state index in [1.54, 1.807) is 29.5 Å². The minimum atomic E-state index is -0.360. The number of hydrogen-bond donors (Lipinski definition) is 2. The summed E-state index contributed by atoms with van der Waals surface area (Å²) in [6.45, 7) is 1.41. The number of amidine groups is 1. The summed E-state index contributed by atoms with van der Waals surface area (Å²) >= 11 is 1.68. The molecule has 1 heterocycles. The summed E-state index contributed by atoms with van der Waals surface area (Å²) < 4.78 is 14.4. The standard InChI is InChI=1S/C16H18FN3S/c17-15-12(2-1-3-14(15)16(18)19)9-20(13-4-5-13)8-11-6-7-21-10-11/h1-3,6-7,10,13H,4-5,8-9H2,(H3,18,19). The van der Waals surface area contributed by atoms with E-state index in [-0.39, 0.29) is 17.2 Å². The molecule has 0 spiro atoms. The Labute approximate surface area is 127 Å². The fourth-order valence-corrected chi connectivity index (χ4v) is 3.16. The number of hydrogen-bond acceptors (Lipinski definition) is 3.